The smallest absolute Gasteiger partial charge is 0.333 e. The van der Waals surface area contributed by atoms with Crippen molar-refractivity contribution in [3.05, 3.63) is 58.1 Å². The zero-order valence-electron chi connectivity index (χ0n) is 11.8. The van der Waals surface area contributed by atoms with Gasteiger partial charge in [0, 0.05) is 6.54 Å². The Balaban J connectivity index is 2.17. The van der Waals surface area contributed by atoms with Gasteiger partial charge < -0.3 is 14.8 Å². The van der Waals surface area contributed by atoms with Crippen molar-refractivity contribution in [2.45, 2.75) is 6.54 Å². The maximum atomic E-state index is 11.2. The summed E-state index contributed by atoms with van der Waals surface area (Å²) in [7, 11) is 3.02. The van der Waals surface area contributed by atoms with Gasteiger partial charge in [0.05, 0.1) is 19.1 Å². The summed E-state index contributed by atoms with van der Waals surface area (Å²) in [5, 5.41) is 14.2. The van der Waals surface area contributed by atoms with E-state index in [0.717, 1.165) is 11.3 Å². The fraction of sp³-hybridized carbons (Fsp3) is 0.200. The largest absolute Gasteiger partial charge is 0.497 e. The average molecular weight is 288 g/mol. The summed E-state index contributed by atoms with van der Waals surface area (Å²) in [4.78, 5) is 10.7. The van der Waals surface area contributed by atoms with Crippen LogP contribution < -0.4 is 14.8 Å². The second kappa shape index (κ2) is 6.60. The zero-order valence-corrected chi connectivity index (χ0v) is 11.8. The molecule has 0 aliphatic rings. The van der Waals surface area contributed by atoms with Gasteiger partial charge in [0.15, 0.2) is 5.75 Å². The van der Waals surface area contributed by atoms with Crippen molar-refractivity contribution in [2.75, 3.05) is 19.5 Å². The molecule has 0 atom stereocenters. The molecule has 0 saturated heterocycles. The highest BCUT2D eigenvalue weighted by atomic mass is 16.6. The predicted molar refractivity (Wildman–Crippen MR) is 80.0 cm³/mol. The number of nitrogens with zero attached hydrogens (tertiary/aromatic N) is 1. The fourth-order valence-electron chi connectivity index (χ4n) is 1.96. The van der Waals surface area contributed by atoms with Crippen LogP contribution in [0.1, 0.15) is 5.56 Å². The first-order valence-corrected chi connectivity index (χ1v) is 6.34. The van der Waals surface area contributed by atoms with Gasteiger partial charge >= 0.3 is 5.69 Å². The topological polar surface area (TPSA) is 73.6 Å². The molecular weight excluding hydrogens is 272 g/mol. The number of benzene rings is 2. The third-order valence-corrected chi connectivity index (χ3v) is 3.04. The number of ether oxygens (including phenoxy) is 2. The van der Waals surface area contributed by atoms with Crippen LogP contribution in [0.4, 0.5) is 11.4 Å². The van der Waals surface area contributed by atoms with Gasteiger partial charge in [-0.25, -0.2) is 0 Å². The molecular formula is C15H16N2O4. The van der Waals surface area contributed by atoms with Gasteiger partial charge in [0.25, 0.3) is 0 Å². The Morgan fingerprint density at radius 2 is 1.81 bits per heavy atom. The molecule has 21 heavy (non-hydrogen) atoms. The van der Waals surface area contributed by atoms with Crippen molar-refractivity contribution in [3.63, 3.8) is 0 Å². The molecule has 0 radical (unpaired) electrons. The fourth-order valence-corrected chi connectivity index (χ4v) is 1.96. The summed E-state index contributed by atoms with van der Waals surface area (Å²) in [5.41, 5.74) is 1.36. The van der Waals surface area contributed by atoms with E-state index in [2.05, 4.69) is 5.32 Å². The lowest BCUT2D eigenvalue weighted by Crippen LogP contribution is -2.04. The molecule has 0 amide bonds. The Kier molecular flexibility index (Phi) is 4.61. The molecule has 2 rings (SSSR count). The molecule has 0 aliphatic carbocycles. The molecule has 2 aromatic rings. The first-order valence-electron chi connectivity index (χ1n) is 6.34. The normalized spacial score (nSPS) is 10.0. The van der Waals surface area contributed by atoms with Crippen LogP contribution in [0.2, 0.25) is 0 Å². The number of nitro benzene ring substituents is 1. The van der Waals surface area contributed by atoms with Gasteiger partial charge in [-0.05, 0) is 29.8 Å². The Morgan fingerprint density at radius 3 is 2.38 bits per heavy atom. The Morgan fingerprint density at radius 1 is 1.10 bits per heavy atom. The van der Waals surface area contributed by atoms with Crippen LogP contribution in [0.3, 0.4) is 0 Å². The van der Waals surface area contributed by atoms with Gasteiger partial charge in [0.2, 0.25) is 0 Å². The highest BCUT2D eigenvalue weighted by Gasteiger charge is 2.20. The zero-order chi connectivity index (χ0) is 15.2. The van der Waals surface area contributed by atoms with E-state index in [1.165, 1.54) is 7.11 Å². The van der Waals surface area contributed by atoms with Crippen LogP contribution in [-0.4, -0.2) is 19.1 Å². The van der Waals surface area contributed by atoms with Crippen molar-refractivity contribution >= 4 is 11.4 Å². The molecule has 6 nitrogen and oxygen atoms in total. The monoisotopic (exact) mass is 288 g/mol. The van der Waals surface area contributed by atoms with E-state index in [4.69, 9.17) is 9.47 Å². The molecule has 0 bridgehead atoms. The number of hydrogen-bond acceptors (Lipinski definition) is 5. The molecule has 110 valence electrons. The lowest BCUT2D eigenvalue weighted by atomic mass is 10.2. The van der Waals surface area contributed by atoms with Crippen molar-refractivity contribution in [3.8, 4) is 11.5 Å². The highest BCUT2D eigenvalue weighted by Crippen LogP contribution is 2.34. The van der Waals surface area contributed by atoms with Crippen molar-refractivity contribution in [1.82, 2.24) is 0 Å². The maximum Gasteiger partial charge on any atom is 0.333 e. The Bertz CT molecular complexity index is 626. The molecule has 0 heterocycles. The summed E-state index contributed by atoms with van der Waals surface area (Å²) < 4.78 is 10.1. The molecule has 0 saturated carbocycles. The SMILES string of the molecule is COc1ccc(CNc2cccc(OC)c2[N+](=O)[O-])cc1. The van der Waals surface area contributed by atoms with E-state index < -0.39 is 4.92 Å². The van der Waals surface area contributed by atoms with E-state index >= 15 is 0 Å². The van der Waals surface area contributed by atoms with E-state index in [9.17, 15) is 10.1 Å². The molecule has 1 N–H and O–H groups in total. The Hall–Kier alpha value is -2.76. The van der Waals surface area contributed by atoms with Crippen molar-refractivity contribution in [1.29, 1.82) is 0 Å². The van der Waals surface area contributed by atoms with Crippen molar-refractivity contribution in [2.24, 2.45) is 0 Å². The molecule has 2 aromatic carbocycles. The molecule has 0 spiro atoms. The number of anilines is 1. The van der Waals surface area contributed by atoms with Crippen LogP contribution >= 0.6 is 0 Å². The molecule has 0 fully saturated rings. The standard InChI is InChI=1S/C15H16N2O4/c1-20-12-8-6-11(7-9-12)10-16-13-4-3-5-14(21-2)15(13)17(18)19/h3-9,16H,10H2,1-2H3. The second-order valence-corrected chi connectivity index (χ2v) is 4.32. The maximum absolute atomic E-state index is 11.2. The van der Waals surface area contributed by atoms with Crippen molar-refractivity contribution < 1.29 is 14.4 Å². The minimum atomic E-state index is -0.449. The molecule has 0 unspecified atom stereocenters. The third kappa shape index (κ3) is 3.42. The minimum Gasteiger partial charge on any atom is -0.497 e. The molecule has 0 aromatic heterocycles. The van der Waals surface area contributed by atoms with Crippen LogP contribution in [0, 0.1) is 10.1 Å². The highest BCUT2D eigenvalue weighted by molar-refractivity contribution is 5.68. The Labute approximate surface area is 122 Å². The number of nitrogens with one attached hydrogen (secondary N) is 1. The van der Waals surface area contributed by atoms with Gasteiger partial charge in [-0.15, -0.1) is 0 Å². The predicted octanol–water partition coefficient (Wildman–Crippen LogP) is 3.22. The number of rotatable bonds is 6. The summed E-state index contributed by atoms with van der Waals surface area (Å²) in [6.07, 6.45) is 0. The van der Waals surface area contributed by atoms with Gasteiger partial charge in [-0.2, -0.15) is 0 Å². The number of nitro groups is 1. The van der Waals surface area contributed by atoms with Gasteiger partial charge in [-0.1, -0.05) is 18.2 Å². The van der Waals surface area contributed by atoms with E-state index in [1.54, 1.807) is 25.3 Å². The van der Waals surface area contributed by atoms with Crippen LogP contribution in [0.25, 0.3) is 0 Å². The summed E-state index contributed by atoms with van der Waals surface area (Å²) >= 11 is 0. The molecule has 0 aliphatic heterocycles. The first-order chi connectivity index (χ1) is 10.2. The van der Waals surface area contributed by atoms with Crippen LogP contribution in [0.5, 0.6) is 11.5 Å². The molecule has 6 heteroatoms. The van der Waals surface area contributed by atoms with Gasteiger partial charge in [-0.3, -0.25) is 10.1 Å². The first kappa shape index (κ1) is 14.6. The minimum absolute atomic E-state index is 0.0616. The van der Waals surface area contributed by atoms with E-state index in [0.29, 0.717) is 12.2 Å². The lowest BCUT2D eigenvalue weighted by molar-refractivity contribution is -0.384. The summed E-state index contributed by atoms with van der Waals surface area (Å²) in [5.74, 6) is 1.01. The van der Waals surface area contributed by atoms with Crippen LogP contribution in [0.15, 0.2) is 42.5 Å². The second-order valence-electron chi connectivity index (χ2n) is 4.32. The van der Waals surface area contributed by atoms with E-state index in [-0.39, 0.29) is 11.4 Å². The number of hydrogen-bond donors (Lipinski definition) is 1. The number of para-hydroxylation sites is 1. The van der Waals surface area contributed by atoms with Gasteiger partial charge in [0.1, 0.15) is 11.4 Å². The lowest BCUT2D eigenvalue weighted by Gasteiger charge is -2.10. The summed E-state index contributed by atoms with van der Waals surface area (Å²) in [6, 6.07) is 12.4. The van der Waals surface area contributed by atoms with Crippen LogP contribution in [-0.2, 0) is 6.54 Å². The quantitative estimate of drug-likeness (QED) is 0.652. The van der Waals surface area contributed by atoms with E-state index in [1.807, 2.05) is 24.3 Å². The number of methoxy groups -OCH3 is 2. The average Bonchev–Trinajstić information content (AvgIpc) is 2.52. The summed E-state index contributed by atoms with van der Waals surface area (Å²) in [6.45, 7) is 0.470. The third-order valence-electron chi connectivity index (χ3n) is 3.04.